The summed E-state index contributed by atoms with van der Waals surface area (Å²) in [5.41, 5.74) is 1.22. The van der Waals surface area contributed by atoms with E-state index in [1.807, 2.05) is 12.1 Å². The number of benzene rings is 1. The van der Waals surface area contributed by atoms with Gasteiger partial charge >= 0.3 is 0 Å². The van der Waals surface area contributed by atoms with Crippen LogP contribution in [0.25, 0.3) is 10.9 Å². The maximum absolute atomic E-state index is 5.98. The number of nitrogens with zero attached hydrogens (tertiary/aromatic N) is 1. The Labute approximate surface area is 90.7 Å². The predicted octanol–water partition coefficient (Wildman–Crippen LogP) is 2.70. The minimum atomic E-state index is -0.0900. The van der Waals surface area contributed by atoms with Crippen LogP contribution in [-0.4, -0.2) is 5.34 Å². The van der Waals surface area contributed by atoms with Crippen LogP contribution in [-0.2, 0) is 0 Å². The second kappa shape index (κ2) is 2.93. The summed E-state index contributed by atoms with van der Waals surface area (Å²) in [5, 5.41) is 1.16. The van der Waals surface area contributed by atoms with Gasteiger partial charge in [-0.3, -0.25) is 0 Å². The van der Waals surface area contributed by atoms with Gasteiger partial charge in [0.05, 0.1) is 5.39 Å². The Morgan fingerprint density at radius 1 is 1.20 bits per heavy atom. The number of pyridine rings is 1. The standard InChI is InChI=1S/C12H13NOP/c1-12(2)14-10-7-3-5-9-6-4-8-13(15-12)11(9)10/h3-8,15H,1-2H3/q+1. The second-order valence-electron chi connectivity index (χ2n) is 4.30. The van der Waals surface area contributed by atoms with E-state index < -0.39 is 0 Å². The highest BCUT2D eigenvalue weighted by Gasteiger charge is 2.34. The smallest absolute Gasteiger partial charge is 0.255 e. The Balaban J connectivity index is 2.36. The molecule has 76 valence electrons. The van der Waals surface area contributed by atoms with Gasteiger partial charge in [0.25, 0.3) is 5.52 Å². The van der Waals surface area contributed by atoms with E-state index in [0.717, 1.165) is 5.75 Å². The molecule has 0 aliphatic carbocycles. The van der Waals surface area contributed by atoms with Gasteiger partial charge in [-0.2, -0.15) is 4.34 Å². The maximum Gasteiger partial charge on any atom is 0.255 e. The van der Waals surface area contributed by atoms with E-state index in [0.29, 0.717) is 8.73 Å². The monoisotopic (exact) mass is 218 g/mol. The highest BCUT2D eigenvalue weighted by atomic mass is 31.1. The highest BCUT2D eigenvalue weighted by molar-refractivity contribution is 7.32. The van der Waals surface area contributed by atoms with E-state index in [2.05, 4.69) is 42.6 Å². The summed E-state index contributed by atoms with van der Waals surface area (Å²) in [5.74, 6) is 0.997. The lowest BCUT2D eigenvalue weighted by molar-refractivity contribution is -0.482. The summed E-state index contributed by atoms with van der Waals surface area (Å²) >= 11 is 0. The average Bonchev–Trinajstić information content (AvgIpc) is 2.16. The van der Waals surface area contributed by atoms with E-state index in [-0.39, 0.29) is 5.34 Å². The molecular weight excluding hydrogens is 205 g/mol. The molecule has 0 saturated heterocycles. The van der Waals surface area contributed by atoms with Crippen LogP contribution in [0.1, 0.15) is 13.8 Å². The van der Waals surface area contributed by atoms with Crippen LogP contribution in [0.3, 0.4) is 0 Å². The summed E-state index contributed by atoms with van der Waals surface area (Å²) in [4.78, 5) is 0. The Hall–Kier alpha value is -1.14. The SMILES string of the molecule is CC1(C)Oc2cccc3ccc[n+](c23)P1. The molecule has 1 aromatic carbocycles. The average molecular weight is 218 g/mol. The van der Waals surface area contributed by atoms with Crippen LogP contribution in [0.2, 0.25) is 0 Å². The summed E-state index contributed by atoms with van der Waals surface area (Å²) in [6.45, 7) is 4.26. The molecule has 1 aliphatic rings. The molecule has 1 aliphatic heterocycles. The molecular formula is C12H13NOP+. The first-order valence-corrected chi connectivity index (χ1v) is 6.01. The van der Waals surface area contributed by atoms with Crippen molar-refractivity contribution in [2.75, 3.05) is 0 Å². The van der Waals surface area contributed by atoms with Gasteiger partial charge in [0.2, 0.25) is 8.73 Å². The molecule has 2 nitrogen and oxygen atoms in total. The Morgan fingerprint density at radius 3 is 2.87 bits per heavy atom. The molecule has 1 unspecified atom stereocenters. The zero-order valence-corrected chi connectivity index (χ0v) is 9.82. The molecule has 3 rings (SSSR count). The van der Waals surface area contributed by atoms with Crippen molar-refractivity contribution in [3.63, 3.8) is 0 Å². The number of hydrogen-bond donors (Lipinski definition) is 0. The fraction of sp³-hybridized carbons (Fsp3) is 0.250. The molecule has 1 atom stereocenters. The van der Waals surface area contributed by atoms with Crippen LogP contribution < -0.4 is 9.07 Å². The van der Waals surface area contributed by atoms with Crippen molar-refractivity contribution >= 4 is 19.6 Å². The van der Waals surface area contributed by atoms with Crippen molar-refractivity contribution in [3.8, 4) is 5.75 Å². The molecule has 0 radical (unpaired) electrons. The van der Waals surface area contributed by atoms with Crippen molar-refractivity contribution in [2.24, 2.45) is 0 Å². The van der Waals surface area contributed by atoms with E-state index in [4.69, 9.17) is 4.74 Å². The molecule has 1 aromatic heterocycles. The van der Waals surface area contributed by atoms with Gasteiger partial charge in [-0.15, -0.1) is 0 Å². The largest absolute Gasteiger partial charge is 0.470 e. The summed E-state index contributed by atoms with van der Waals surface area (Å²) in [6, 6.07) is 10.4. The Bertz CT molecular complexity index is 493. The molecule has 0 N–H and O–H groups in total. The van der Waals surface area contributed by atoms with Gasteiger partial charge in [0.15, 0.2) is 17.3 Å². The molecule has 3 heteroatoms. The molecule has 0 spiro atoms. The lowest BCUT2D eigenvalue weighted by atomic mass is 10.2. The summed E-state index contributed by atoms with van der Waals surface area (Å²) < 4.78 is 8.28. The van der Waals surface area contributed by atoms with E-state index in [1.165, 1.54) is 10.9 Å². The van der Waals surface area contributed by atoms with Gasteiger partial charge in [-0.1, -0.05) is 6.07 Å². The number of hydrogen-bond acceptors (Lipinski definition) is 1. The number of para-hydroxylation sites is 1. The van der Waals surface area contributed by atoms with E-state index >= 15 is 0 Å². The molecule has 0 fully saturated rings. The number of rotatable bonds is 0. The molecule has 15 heavy (non-hydrogen) atoms. The predicted molar refractivity (Wildman–Crippen MR) is 62.6 cm³/mol. The van der Waals surface area contributed by atoms with Crippen LogP contribution in [0.4, 0.5) is 0 Å². The first-order chi connectivity index (χ1) is 7.16. The molecule has 0 bridgehead atoms. The molecule has 2 aromatic rings. The zero-order chi connectivity index (χ0) is 10.5. The lowest BCUT2D eigenvalue weighted by Gasteiger charge is -2.26. The van der Waals surface area contributed by atoms with Gasteiger partial charge in [0, 0.05) is 6.07 Å². The van der Waals surface area contributed by atoms with Gasteiger partial charge in [-0.05, 0) is 32.0 Å². The topological polar surface area (TPSA) is 13.1 Å². The minimum absolute atomic E-state index is 0.0900. The molecule has 0 amide bonds. The third-order valence-corrected chi connectivity index (χ3v) is 3.79. The minimum Gasteiger partial charge on any atom is -0.470 e. The summed E-state index contributed by atoms with van der Waals surface area (Å²) in [7, 11) is 0.638. The third-order valence-electron chi connectivity index (χ3n) is 2.54. The highest BCUT2D eigenvalue weighted by Crippen LogP contribution is 2.39. The third kappa shape index (κ3) is 1.40. The van der Waals surface area contributed by atoms with Crippen LogP contribution in [0, 0.1) is 0 Å². The van der Waals surface area contributed by atoms with Gasteiger partial charge < -0.3 is 4.74 Å². The second-order valence-corrected chi connectivity index (χ2v) is 6.21. The zero-order valence-electron chi connectivity index (χ0n) is 8.82. The Kier molecular flexibility index (Phi) is 1.78. The Morgan fingerprint density at radius 2 is 2.00 bits per heavy atom. The van der Waals surface area contributed by atoms with Crippen molar-refractivity contribution in [2.45, 2.75) is 19.2 Å². The van der Waals surface area contributed by atoms with E-state index in [9.17, 15) is 0 Å². The molecule has 2 heterocycles. The first kappa shape index (κ1) is 9.11. The quantitative estimate of drug-likeness (QED) is 0.619. The fourth-order valence-corrected chi connectivity index (χ4v) is 3.25. The normalized spacial score (nSPS) is 19.1. The van der Waals surface area contributed by atoms with Crippen molar-refractivity contribution in [3.05, 3.63) is 36.5 Å². The van der Waals surface area contributed by atoms with Crippen molar-refractivity contribution < 1.29 is 9.07 Å². The molecule has 0 saturated carbocycles. The van der Waals surface area contributed by atoms with Gasteiger partial charge in [-0.25, -0.2) is 0 Å². The first-order valence-electron chi connectivity index (χ1n) is 5.06. The van der Waals surface area contributed by atoms with Gasteiger partial charge in [0.1, 0.15) is 0 Å². The lowest BCUT2D eigenvalue weighted by Crippen LogP contribution is -2.39. The number of aromatic nitrogens is 1. The van der Waals surface area contributed by atoms with Crippen LogP contribution in [0.5, 0.6) is 5.75 Å². The number of ether oxygens (including phenoxy) is 1. The van der Waals surface area contributed by atoms with Crippen LogP contribution >= 0.6 is 8.73 Å². The van der Waals surface area contributed by atoms with E-state index in [1.54, 1.807) is 0 Å². The van der Waals surface area contributed by atoms with Crippen molar-refractivity contribution in [1.29, 1.82) is 0 Å². The summed E-state index contributed by atoms with van der Waals surface area (Å²) in [6.07, 6.45) is 2.13. The van der Waals surface area contributed by atoms with Crippen LogP contribution in [0.15, 0.2) is 36.5 Å². The van der Waals surface area contributed by atoms with Crippen molar-refractivity contribution in [1.82, 2.24) is 0 Å². The maximum atomic E-state index is 5.98. The fourth-order valence-electron chi connectivity index (χ4n) is 2.00.